The predicted octanol–water partition coefficient (Wildman–Crippen LogP) is 5.72. The summed E-state index contributed by atoms with van der Waals surface area (Å²) in [5.74, 6) is 0. The zero-order valence-corrected chi connectivity index (χ0v) is 13.9. The van der Waals surface area contributed by atoms with Gasteiger partial charge in [0, 0.05) is 4.47 Å². The highest BCUT2D eigenvalue weighted by Gasteiger charge is 2.14. The number of aromatic nitrogens is 2. The van der Waals surface area contributed by atoms with Crippen molar-refractivity contribution in [3.05, 3.63) is 62.3 Å². The number of halogens is 2. The number of nitrogens with zero attached hydrogens (tertiary/aromatic N) is 1. The third-order valence-corrected chi connectivity index (χ3v) is 4.53. The van der Waals surface area contributed by atoms with Crippen LogP contribution in [0.15, 0.2) is 46.9 Å². The molecular weight excluding hydrogens is 356 g/mol. The van der Waals surface area contributed by atoms with Gasteiger partial charge in [0.1, 0.15) is 0 Å². The SMILES string of the molecule is CC(c1cccc(Br)c1)n1c(=S)[nH]c2c(Cl)cccc21. The van der Waals surface area contributed by atoms with Crippen LogP contribution in [0.1, 0.15) is 18.5 Å². The largest absolute Gasteiger partial charge is 0.329 e. The molecule has 1 unspecified atom stereocenters. The van der Waals surface area contributed by atoms with E-state index in [0.717, 1.165) is 15.5 Å². The number of hydrogen-bond donors (Lipinski definition) is 1. The summed E-state index contributed by atoms with van der Waals surface area (Å²) in [6, 6.07) is 14.2. The summed E-state index contributed by atoms with van der Waals surface area (Å²) < 4.78 is 3.84. The van der Waals surface area contributed by atoms with Gasteiger partial charge in [-0.1, -0.05) is 45.7 Å². The second-order valence-electron chi connectivity index (χ2n) is 4.67. The summed E-state index contributed by atoms with van der Waals surface area (Å²) in [5.41, 5.74) is 3.10. The van der Waals surface area contributed by atoms with Crippen LogP contribution in [-0.2, 0) is 0 Å². The number of imidazole rings is 1. The number of H-pyrrole nitrogens is 1. The van der Waals surface area contributed by atoms with Gasteiger partial charge in [-0.15, -0.1) is 0 Å². The second-order valence-corrected chi connectivity index (χ2v) is 6.37. The first kappa shape index (κ1) is 13.9. The molecule has 5 heteroatoms. The molecule has 2 aromatic carbocycles. The van der Waals surface area contributed by atoms with Crippen molar-refractivity contribution in [3.8, 4) is 0 Å². The maximum atomic E-state index is 6.22. The van der Waals surface area contributed by atoms with Gasteiger partial charge in [0.15, 0.2) is 4.77 Å². The fourth-order valence-corrected chi connectivity index (χ4v) is 3.41. The van der Waals surface area contributed by atoms with Crippen LogP contribution in [0.3, 0.4) is 0 Å². The Labute approximate surface area is 135 Å². The van der Waals surface area contributed by atoms with Gasteiger partial charge in [0.2, 0.25) is 0 Å². The fraction of sp³-hybridized carbons (Fsp3) is 0.133. The zero-order chi connectivity index (χ0) is 14.3. The van der Waals surface area contributed by atoms with Crippen LogP contribution in [0.25, 0.3) is 11.0 Å². The highest BCUT2D eigenvalue weighted by molar-refractivity contribution is 9.10. The summed E-state index contributed by atoms with van der Waals surface area (Å²) in [6.07, 6.45) is 0. The number of para-hydroxylation sites is 1. The van der Waals surface area contributed by atoms with Crippen LogP contribution >= 0.6 is 39.7 Å². The standard InChI is InChI=1S/C15H12BrClN2S/c1-9(10-4-2-5-11(16)8-10)19-13-7-3-6-12(17)14(13)18-15(19)20/h2-9H,1H3,(H,18,20). The van der Waals surface area contributed by atoms with E-state index in [1.165, 1.54) is 5.56 Å². The van der Waals surface area contributed by atoms with Crippen molar-refractivity contribution in [2.45, 2.75) is 13.0 Å². The van der Waals surface area contributed by atoms with Gasteiger partial charge in [-0.05, 0) is 49.0 Å². The average molecular weight is 368 g/mol. The van der Waals surface area contributed by atoms with Gasteiger partial charge in [-0.2, -0.15) is 0 Å². The Balaban J connectivity index is 2.22. The number of benzene rings is 2. The van der Waals surface area contributed by atoms with Crippen molar-refractivity contribution >= 4 is 50.8 Å². The van der Waals surface area contributed by atoms with Crippen LogP contribution in [0.4, 0.5) is 0 Å². The van der Waals surface area contributed by atoms with E-state index in [9.17, 15) is 0 Å². The van der Waals surface area contributed by atoms with Gasteiger partial charge >= 0.3 is 0 Å². The summed E-state index contributed by atoms with van der Waals surface area (Å²) in [6.45, 7) is 2.13. The lowest BCUT2D eigenvalue weighted by atomic mass is 10.1. The normalized spacial score (nSPS) is 12.8. The molecule has 0 aliphatic heterocycles. The van der Waals surface area contributed by atoms with Gasteiger partial charge < -0.3 is 9.55 Å². The van der Waals surface area contributed by atoms with E-state index in [0.29, 0.717) is 9.79 Å². The summed E-state index contributed by atoms with van der Waals surface area (Å²) in [5, 5.41) is 0.689. The van der Waals surface area contributed by atoms with Crippen molar-refractivity contribution in [1.82, 2.24) is 9.55 Å². The number of hydrogen-bond acceptors (Lipinski definition) is 1. The number of rotatable bonds is 2. The van der Waals surface area contributed by atoms with E-state index >= 15 is 0 Å². The Hall–Kier alpha value is -1.10. The Kier molecular flexibility index (Phi) is 3.71. The van der Waals surface area contributed by atoms with Gasteiger partial charge in [-0.25, -0.2) is 0 Å². The van der Waals surface area contributed by atoms with Gasteiger partial charge in [0.05, 0.1) is 22.1 Å². The molecule has 0 spiro atoms. The van der Waals surface area contributed by atoms with Crippen LogP contribution in [0.2, 0.25) is 5.02 Å². The van der Waals surface area contributed by atoms with Crippen LogP contribution < -0.4 is 0 Å². The van der Waals surface area contributed by atoms with Crippen molar-refractivity contribution in [2.24, 2.45) is 0 Å². The van der Waals surface area contributed by atoms with E-state index in [2.05, 4.69) is 44.5 Å². The highest BCUT2D eigenvalue weighted by Crippen LogP contribution is 2.29. The summed E-state index contributed by atoms with van der Waals surface area (Å²) in [4.78, 5) is 3.19. The highest BCUT2D eigenvalue weighted by atomic mass is 79.9. The molecule has 2 nitrogen and oxygen atoms in total. The molecule has 102 valence electrons. The van der Waals surface area contributed by atoms with Crippen molar-refractivity contribution in [1.29, 1.82) is 0 Å². The third-order valence-electron chi connectivity index (χ3n) is 3.42. The topological polar surface area (TPSA) is 20.7 Å². The van der Waals surface area contributed by atoms with E-state index in [4.69, 9.17) is 23.8 Å². The first-order valence-electron chi connectivity index (χ1n) is 6.22. The average Bonchev–Trinajstić information content (AvgIpc) is 2.76. The monoisotopic (exact) mass is 366 g/mol. The minimum atomic E-state index is 0.132. The van der Waals surface area contributed by atoms with E-state index in [-0.39, 0.29) is 6.04 Å². The first-order chi connectivity index (χ1) is 9.58. The Morgan fingerprint density at radius 1 is 1.25 bits per heavy atom. The summed E-state index contributed by atoms with van der Waals surface area (Å²) in [7, 11) is 0. The molecular formula is C15H12BrClN2S. The number of aromatic amines is 1. The van der Waals surface area contributed by atoms with Crippen molar-refractivity contribution in [2.75, 3.05) is 0 Å². The van der Waals surface area contributed by atoms with Crippen LogP contribution in [-0.4, -0.2) is 9.55 Å². The molecule has 3 rings (SSSR count). The third kappa shape index (κ3) is 2.32. The molecule has 0 aliphatic carbocycles. The molecule has 0 saturated carbocycles. The lowest BCUT2D eigenvalue weighted by molar-refractivity contribution is 0.649. The Bertz CT molecular complexity index is 837. The van der Waals surface area contributed by atoms with Crippen molar-refractivity contribution in [3.63, 3.8) is 0 Å². The smallest absolute Gasteiger partial charge is 0.178 e. The predicted molar refractivity (Wildman–Crippen MR) is 90.1 cm³/mol. The minimum Gasteiger partial charge on any atom is -0.329 e. The molecule has 0 aliphatic rings. The molecule has 20 heavy (non-hydrogen) atoms. The molecule has 0 radical (unpaired) electrons. The zero-order valence-electron chi connectivity index (χ0n) is 10.7. The molecule has 0 bridgehead atoms. The molecule has 0 fully saturated rings. The van der Waals surface area contributed by atoms with E-state index in [1.807, 2.05) is 30.3 Å². The molecule has 3 aromatic rings. The van der Waals surface area contributed by atoms with Crippen LogP contribution in [0.5, 0.6) is 0 Å². The van der Waals surface area contributed by atoms with Crippen LogP contribution in [0, 0.1) is 4.77 Å². The molecule has 1 atom stereocenters. The van der Waals surface area contributed by atoms with Crippen molar-refractivity contribution < 1.29 is 0 Å². The lowest BCUT2D eigenvalue weighted by Crippen LogP contribution is -2.06. The van der Waals surface area contributed by atoms with E-state index < -0.39 is 0 Å². The molecule has 1 aromatic heterocycles. The molecule has 0 saturated heterocycles. The Morgan fingerprint density at radius 2 is 2.00 bits per heavy atom. The fourth-order valence-electron chi connectivity index (χ4n) is 2.41. The van der Waals surface area contributed by atoms with Gasteiger partial charge in [-0.3, -0.25) is 0 Å². The molecule has 1 heterocycles. The maximum absolute atomic E-state index is 6.22. The van der Waals surface area contributed by atoms with Gasteiger partial charge in [0.25, 0.3) is 0 Å². The number of fused-ring (bicyclic) bond motifs is 1. The minimum absolute atomic E-state index is 0.132. The maximum Gasteiger partial charge on any atom is 0.178 e. The number of nitrogens with one attached hydrogen (secondary N) is 1. The second kappa shape index (κ2) is 5.35. The molecule has 1 N–H and O–H groups in total. The Morgan fingerprint density at radius 3 is 2.75 bits per heavy atom. The summed E-state index contributed by atoms with van der Waals surface area (Å²) >= 11 is 15.2. The lowest BCUT2D eigenvalue weighted by Gasteiger charge is -2.15. The molecule has 0 amide bonds. The van der Waals surface area contributed by atoms with E-state index in [1.54, 1.807) is 0 Å². The first-order valence-corrected chi connectivity index (χ1v) is 7.80. The quantitative estimate of drug-likeness (QED) is 0.574.